The lowest BCUT2D eigenvalue weighted by atomic mass is 10.1. The van der Waals surface area contributed by atoms with Crippen molar-refractivity contribution < 1.29 is 27.4 Å². The predicted molar refractivity (Wildman–Crippen MR) is 91.3 cm³/mol. The monoisotopic (exact) mass is 388 g/mol. The second-order valence-electron chi connectivity index (χ2n) is 5.10. The van der Waals surface area contributed by atoms with Crippen molar-refractivity contribution in [3.8, 4) is 17.2 Å². The van der Waals surface area contributed by atoms with Gasteiger partial charge in [0, 0.05) is 23.7 Å². The molecule has 5 nitrogen and oxygen atoms in total. The van der Waals surface area contributed by atoms with Gasteiger partial charge in [-0.2, -0.15) is 0 Å². The van der Waals surface area contributed by atoms with E-state index in [4.69, 9.17) is 26.5 Å². The zero-order valence-corrected chi connectivity index (χ0v) is 14.7. The number of ether oxygens (including phenoxy) is 3. The third-order valence-corrected chi connectivity index (χ3v) is 3.68. The van der Waals surface area contributed by atoms with Crippen LogP contribution in [0.3, 0.4) is 0 Å². The van der Waals surface area contributed by atoms with Crippen LogP contribution in [0, 0.1) is 5.41 Å². The fourth-order valence-corrected chi connectivity index (χ4v) is 2.40. The molecule has 140 valence electrons. The second-order valence-corrected chi connectivity index (χ2v) is 5.51. The van der Waals surface area contributed by atoms with Crippen LogP contribution in [-0.2, 0) is 6.54 Å². The number of alkyl halides is 3. The van der Waals surface area contributed by atoms with E-state index in [1.165, 1.54) is 26.4 Å². The van der Waals surface area contributed by atoms with Gasteiger partial charge in [-0.25, -0.2) is 0 Å². The number of rotatable bonds is 6. The molecule has 0 unspecified atom stereocenters. The van der Waals surface area contributed by atoms with E-state index in [1.54, 1.807) is 12.1 Å². The molecule has 0 atom stereocenters. The zero-order valence-electron chi connectivity index (χ0n) is 13.9. The molecule has 0 amide bonds. The lowest BCUT2D eigenvalue weighted by Gasteiger charge is -2.14. The molecule has 9 heteroatoms. The highest BCUT2D eigenvalue weighted by Crippen LogP contribution is 2.32. The molecule has 0 saturated carbocycles. The zero-order chi connectivity index (χ0) is 19.3. The van der Waals surface area contributed by atoms with Crippen LogP contribution in [0.15, 0.2) is 36.4 Å². The van der Waals surface area contributed by atoms with Crippen LogP contribution < -0.4 is 19.5 Å². The summed E-state index contributed by atoms with van der Waals surface area (Å²) in [4.78, 5) is 0. The number of halogens is 4. The molecule has 0 saturated heterocycles. The Morgan fingerprint density at radius 1 is 1.08 bits per heavy atom. The average Bonchev–Trinajstić information content (AvgIpc) is 2.59. The van der Waals surface area contributed by atoms with Crippen molar-refractivity contribution in [1.82, 2.24) is 5.32 Å². The standard InChI is InChI=1S/C17H16ClF3N2O3/c1-24-14-8-13(18)15(25-2)7-11(14)9-23-16(22)10-3-5-12(6-4-10)26-17(19,20)21/h3-8H,9H2,1-2H3,(H2,22,23). The van der Waals surface area contributed by atoms with Gasteiger partial charge in [-0.15, -0.1) is 13.2 Å². The van der Waals surface area contributed by atoms with Crippen LogP contribution in [0.4, 0.5) is 13.2 Å². The predicted octanol–water partition coefficient (Wildman–Crippen LogP) is 4.37. The molecular weight excluding hydrogens is 373 g/mol. The maximum atomic E-state index is 12.2. The molecule has 2 rings (SSSR count). The quantitative estimate of drug-likeness (QED) is 0.569. The molecule has 26 heavy (non-hydrogen) atoms. The van der Waals surface area contributed by atoms with Gasteiger partial charge in [0.25, 0.3) is 0 Å². The van der Waals surface area contributed by atoms with Crippen LogP contribution in [0.5, 0.6) is 17.2 Å². The molecule has 2 aromatic carbocycles. The Balaban J connectivity index is 2.07. The average molecular weight is 389 g/mol. The molecule has 0 aromatic heterocycles. The summed E-state index contributed by atoms with van der Waals surface area (Å²) >= 11 is 6.04. The number of nitrogens with one attached hydrogen (secondary N) is 2. The number of methoxy groups -OCH3 is 2. The van der Waals surface area contributed by atoms with E-state index in [0.29, 0.717) is 27.6 Å². The van der Waals surface area contributed by atoms with E-state index in [1.807, 2.05) is 0 Å². The smallest absolute Gasteiger partial charge is 0.496 e. The van der Waals surface area contributed by atoms with Crippen molar-refractivity contribution >= 4 is 17.4 Å². The molecule has 2 aromatic rings. The minimum absolute atomic E-state index is 0.0273. The van der Waals surface area contributed by atoms with Crippen molar-refractivity contribution in [2.75, 3.05) is 14.2 Å². The van der Waals surface area contributed by atoms with Gasteiger partial charge in [0.05, 0.1) is 19.2 Å². The highest BCUT2D eigenvalue weighted by molar-refractivity contribution is 6.32. The van der Waals surface area contributed by atoms with E-state index < -0.39 is 6.36 Å². The maximum Gasteiger partial charge on any atom is 0.573 e. The van der Waals surface area contributed by atoms with Crippen LogP contribution in [0.1, 0.15) is 11.1 Å². The molecule has 0 heterocycles. The molecule has 0 aliphatic carbocycles. The normalized spacial score (nSPS) is 11.0. The van der Waals surface area contributed by atoms with Gasteiger partial charge in [-0.1, -0.05) is 11.6 Å². The van der Waals surface area contributed by atoms with Crippen LogP contribution in [0.2, 0.25) is 5.02 Å². The van der Waals surface area contributed by atoms with Crippen LogP contribution >= 0.6 is 11.6 Å². The Kier molecular flexibility index (Phi) is 6.20. The van der Waals surface area contributed by atoms with Crippen molar-refractivity contribution in [2.45, 2.75) is 12.9 Å². The van der Waals surface area contributed by atoms with Gasteiger partial charge in [0.1, 0.15) is 23.1 Å². The fraction of sp³-hybridized carbons (Fsp3) is 0.235. The topological polar surface area (TPSA) is 63.6 Å². The van der Waals surface area contributed by atoms with E-state index in [0.717, 1.165) is 12.1 Å². The highest BCUT2D eigenvalue weighted by Gasteiger charge is 2.31. The maximum absolute atomic E-state index is 12.2. The van der Waals surface area contributed by atoms with Gasteiger partial charge in [0.15, 0.2) is 0 Å². The first-order valence-electron chi connectivity index (χ1n) is 7.32. The van der Waals surface area contributed by atoms with Gasteiger partial charge in [0.2, 0.25) is 0 Å². The first kappa shape index (κ1) is 19.7. The summed E-state index contributed by atoms with van der Waals surface area (Å²) in [6.07, 6.45) is -4.75. The van der Waals surface area contributed by atoms with Gasteiger partial charge < -0.3 is 19.5 Å². The first-order valence-corrected chi connectivity index (χ1v) is 7.70. The third-order valence-electron chi connectivity index (χ3n) is 3.39. The summed E-state index contributed by atoms with van der Waals surface area (Å²) in [5.41, 5.74) is 1.11. The van der Waals surface area contributed by atoms with Crippen molar-refractivity contribution in [2.24, 2.45) is 0 Å². The lowest BCUT2D eigenvalue weighted by Crippen LogP contribution is -2.23. The van der Waals surface area contributed by atoms with Gasteiger partial charge >= 0.3 is 6.36 Å². The first-order chi connectivity index (χ1) is 12.2. The summed E-state index contributed by atoms with van der Waals surface area (Å²) in [5.74, 6) is 0.659. The third kappa shape index (κ3) is 5.19. The summed E-state index contributed by atoms with van der Waals surface area (Å²) in [6, 6.07) is 8.29. The van der Waals surface area contributed by atoms with Crippen molar-refractivity contribution in [3.63, 3.8) is 0 Å². The van der Waals surface area contributed by atoms with E-state index in [-0.39, 0.29) is 18.1 Å². The Morgan fingerprint density at radius 2 is 1.69 bits per heavy atom. The van der Waals surface area contributed by atoms with Crippen LogP contribution in [-0.4, -0.2) is 26.4 Å². The summed E-state index contributed by atoms with van der Waals surface area (Å²) < 4.78 is 50.7. The largest absolute Gasteiger partial charge is 0.573 e. The van der Waals surface area contributed by atoms with Crippen LogP contribution in [0.25, 0.3) is 0 Å². The summed E-state index contributed by atoms with van der Waals surface area (Å²) in [7, 11) is 2.98. The Hall–Kier alpha value is -2.61. The fourth-order valence-electron chi connectivity index (χ4n) is 2.17. The molecule has 0 bridgehead atoms. The van der Waals surface area contributed by atoms with Crippen molar-refractivity contribution in [3.05, 3.63) is 52.5 Å². The summed E-state index contributed by atoms with van der Waals surface area (Å²) in [6.45, 7) is 0.232. The van der Waals surface area contributed by atoms with Gasteiger partial charge in [-0.05, 0) is 30.3 Å². The number of hydrogen-bond acceptors (Lipinski definition) is 4. The minimum Gasteiger partial charge on any atom is -0.496 e. The number of benzene rings is 2. The Bertz CT molecular complexity index is 780. The molecule has 0 radical (unpaired) electrons. The Labute approximate surface area is 153 Å². The molecule has 2 N–H and O–H groups in total. The number of hydrogen-bond donors (Lipinski definition) is 2. The van der Waals surface area contributed by atoms with Crippen molar-refractivity contribution in [1.29, 1.82) is 5.41 Å². The lowest BCUT2D eigenvalue weighted by molar-refractivity contribution is -0.274. The SMILES string of the molecule is COc1cc(CNC(=N)c2ccc(OC(F)(F)F)cc2)c(OC)cc1Cl. The second kappa shape index (κ2) is 8.18. The molecular formula is C17H16ClF3N2O3. The van der Waals surface area contributed by atoms with Gasteiger partial charge in [-0.3, -0.25) is 5.41 Å². The summed E-state index contributed by atoms with van der Waals surface area (Å²) in [5, 5.41) is 11.3. The molecule has 0 spiro atoms. The van der Waals surface area contributed by atoms with E-state index >= 15 is 0 Å². The number of amidine groups is 1. The molecule has 0 aliphatic rings. The highest BCUT2D eigenvalue weighted by atomic mass is 35.5. The Morgan fingerprint density at radius 3 is 2.23 bits per heavy atom. The molecule has 0 fully saturated rings. The van der Waals surface area contributed by atoms with E-state index in [2.05, 4.69) is 10.1 Å². The minimum atomic E-state index is -4.75. The molecule has 0 aliphatic heterocycles. The van der Waals surface area contributed by atoms with E-state index in [9.17, 15) is 13.2 Å².